The minimum Gasteiger partial charge on any atom is -0.494 e. The van der Waals surface area contributed by atoms with Crippen LogP contribution in [-0.4, -0.2) is 13.2 Å². The predicted octanol–water partition coefficient (Wildman–Crippen LogP) is 6.25. The van der Waals surface area contributed by atoms with E-state index in [1.165, 1.54) is 21.2 Å². The number of hydrogen-bond donors (Lipinski definition) is 1. The van der Waals surface area contributed by atoms with Crippen LogP contribution >= 0.6 is 11.9 Å². The zero-order valence-corrected chi connectivity index (χ0v) is 16.2. The predicted molar refractivity (Wildman–Crippen MR) is 113 cm³/mol. The standard InChI is InChI=1S/C23H27NOS/c1-2-3-18-25-21-13-15-22(16-14-21)26-24-17-7-11-20-10-6-9-19-8-4-5-12-23(19)20/h4-6,8-10,12-16,24H,2-3,7,11,17-18H2,1H3. The van der Waals surface area contributed by atoms with Gasteiger partial charge in [-0.25, -0.2) is 0 Å². The van der Waals surface area contributed by atoms with Gasteiger partial charge in [-0.3, -0.25) is 4.72 Å². The zero-order valence-electron chi connectivity index (χ0n) is 15.4. The second-order valence-electron chi connectivity index (χ2n) is 6.41. The van der Waals surface area contributed by atoms with Gasteiger partial charge in [0.2, 0.25) is 0 Å². The summed E-state index contributed by atoms with van der Waals surface area (Å²) >= 11 is 1.69. The molecule has 3 heteroatoms. The third-order valence-electron chi connectivity index (χ3n) is 4.39. The normalized spacial score (nSPS) is 11.0. The van der Waals surface area contributed by atoms with Crippen LogP contribution in [0.25, 0.3) is 10.8 Å². The lowest BCUT2D eigenvalue weighted by Gasteiger charge is -2.08. The van der Waals surface area contributed by atoms with E-state index in [1.54, 1.807) is 11.9 Å². The molecule has 0 aromatic heterocycles. The Hall–Kier alpha value is -1.97. The Morgan fingerprint density at radius 2 is 1.69 bits per heavy atom. The average molecular weight is 366 g/mol. The van der Waals surface area contributed by atoms with E-state index in [0.717, 1.165) is 44.6 Å². The molecule has 0 saturated carbocycles. The molecule has 3 aromatic carbocycles. The Balaban J connectivity index is 1.40. The lowest BCUT2D eigenvalue weighted by molar-refractivity contribution is 0.309. The van der Waals surface area contributed by atoms with Crippen LogP contribution in [0.15, 0.2) is 71.6 Å². The summed E-state index contributed by atoms with van der Waals surface area (Å²) in [4.78, 5) is 1.22. The van der Waals surface area contributed by atoms with E-state index in [1.807, 2.05) is 0 Å². The molecule has 1 N–H and O–H groups in total. The first kappa shape index (κ1) is 18.8. The van der Waals surface area contributed by atoms with E-state index in [4.69, 9.17) is 4.74 Å². The fraction of sp³-hybridized carbons (Fsp3) is 0.304. The molecule has 0 amide bonds. The Morgan fingerprint density at radius 3 is 2.54 bits per heavy atom. The first-order valence-electron chi connectivity index (χ1n) is 9.46. The summed E-state index contributed by atoms with van der Waals surface area (Å²) < 4.78 is 9.17. The third kappa shape index (κ3) is 5.52. The average Bonchev–Trinajstić information content (AvgIpc) is 2.69. The van der Waals surface area contributed by atoms with Crippen LogP contribution in [-0.2, 0) is 6.42 Å². The van der Waals surface area contributed by atoms with Crippen LogP contribution in [0.1, 0.15) is 31.7 Å². The molecule has 0 aliphatic rings. The summed E-state index contributed by atoms with van der Waals surface area (Å²) in [6.45, 7) is 3.97. The van der Waals surface area contributed by atoms with Gasteiger partial charge in [-0.05, 0) is 71.8 Å². The number of ether oxygens (including phenoxy) is 1. The fourth-order valence-electron chi connectivity index (χ4n) is 2.93. The number of hydrogen-bond acceptors (Lipinski definition) is 3. The molecular formula is C23H27NOS. The maximum Gasteiger partial charge on any atom is 0.119 e. The van der Waals surface area contributed by atoms with Crippen molar-refractivity contribution in [1.82, 2.24) is 4.72 Å². The SMILES string of the molecule is CCCCOc1ccc(SNCCCc2cccc3ccccc23)cc1. The molecule has 0 unspecified atom stereocenters. The monoisotopic (exact) mass is 365 g/mol. The highest BCUT2D eigenvalue weighted by atomic mass is 32.2. The highest BCUT2D eigenvalue weighted by Gasteiger charge is 2.01. The number of fused-ring (bicyclic) bond motifs is 1. The first-order valence-corrected chi connectivity index (χ1v) is 10.3. The van der Waals surface area contributed by atoms with Crippen LogP contribution in [0, 0.1) is 0 Å². The quantitative estimate of drug-likeness (QED) is 0.339. The molecule has 0 aliphatic carbocycles. The molecule has 0 aliphatic heterocycles. The summed E-state index contributed by atoms with van der Waals surface area (Å²) in [7, 11) is 0. The highest BCUT2D eigenvalue weighted by Crippen LogP contribution is 2.21. The molecule has 0 spiro atoms. The van der Waals surface area contributed by atoms with Crippen LogP contribution in [0.4, 0.5) is 0 Å². The van der Waals surface area contributed by atoms with Gasteiger partial charge >= 0.3 is 0 Å². The van der Waals surface area contributed by atoms with Gasteiger partial charge in [0.1, 0.15) is 5.75 Å². The topological polar surface area (TPSA) is 21.3 Å². The number of benzene rings is 3. The van der Waals surface area contributed by atoms with Crippen molar-refractivity contribution in [2.75, 3.05) is 13.2 Å². The van der Waals surface area contributed by atoms with Gasteiger partial charge in [-0.15, -0.1) is 0 Å². The Labute approximate surface area is 161 Å². The molecule has 0 fully saturated rings. The summed E-state index contributed by atoms with van der Waals surface area (Å²) in [5.41, 5.74) is 1.43. The van der Waals surface area contributed by atoms with E-state index in [2.05, 4.69) is 78.4 Å². The fourth-order valence-corrected chi connectivity index (χ4v) is 3.62. The van der Waals surface area contributed by atoms with Crippen molar-refractivity contribution in [1.29, 1.82) is 0 Å². The van der Waals surface area contributed by atoms with Crippen molar-refractivity contribution in [3.8, 4) is 5.75 Å². The molecule has 26 heavy (non-hydrogen) atoms. The minimum absolute atomic E-state index is 0.801. The Kier molecular flexibility index (Phi) is 7.41. The third-order valence-corrected chi connectivity index (χ3v) is 5.24. The van der Waals surface area contributed by atoms with Crippen LogP contribution in [0.3, 0.4) is 0 Å². The van der Waals surface area contributed by atoms with Crippen molar-refractivity contribution in [3.05, 3.63) is 72.3 Å². The number of aryl methyl sites for hydroxylation is 1. The maximum absolute atomic E-state index is 5.70. The van der Waals surface area contributed by atoms with Crippen molar-refractivity contribution in [3.63, 3.8) is 0 Å². The van der Waals surface area contributed by atoms with Crippen LogP contribution in [0.2, 0.25) is 0 Å². The second kappa shape index (κ2) is 10.2. The zero-order chi connectivity index (χ0) is 18.0. The van der Waals surface area contributed by atoms with E-state index < -0.39 is 0 Å². The van der Waals surface area contributed by atoms with Crippen molar-refractivity contribution in [2.45, 2.75) is 37.5 Å². The Bertz CT molecular complexity index is 795. The summed E-state index contributed by atoms with van der Waals surface area (Å²) in [5, 5.41) is 2.70. The molecule has 0 radical (unpaired) electrons. The molecule has 136 valence electrons. The maximum atomic E-state index is 5.70. The summed E-state index contributed by atoms with van der Waals surface area (Å²) in [5.74, 6) is 0.957. The van der Waals surface area contributed by atoms with Gasteiger partial charge in [0, 0.05) is 11.4 Å². The van der Waals surface area contributed by atoms with Crippen molar-refractivity contribution < 1.29 is 4.74 Å². The van der Waals surface area contributed by atoms with Crippen molar-refractivity contribution in [2.24, 2.45) is 0 Å². The molecule has 3 rings (SSSR count). The molecule has 0 atom stereocenters. The minimum atomic E-state index is 0.801. The van der Waals surface area contributed by atoms with E-state index in [9.17, 15) is 0 Å². The largest absolute Gasteiger partial charge is 0.494 e. The van der Waals surface area contributed by atoms with E-state index in [0.29, 0.717) is 0 Å². The van der Waals surface area contributed by atoms with Gasteiger partial charge in [0.15, 0.2) is 0 Å². The molecule has 0 bridgehead atoms. The second-order valence-corrected chi connectivity index (χ2v) is 7.38. The molecule has 0 heterocycles. The first-order chi connectivity index (χ1) is 12.9. The van der Waals surface area contributed by atoms with Gasteiger partial charge in [0.25, 0.3) is 0 Å². The van der Waals surface area contributed by atoms with Crippen LogP contribution in [0.5, 0.6) is 5.75 Å². The molecular weight excluding hydrogens is 338 g/mol. The smallest absolute Gasteiger partial charge is 0.119 e. The van der Waals surface area contributed by atoms with E-state index in [-0.39, 0.29) is 0 Å². The molecule has 3 aromatic rings. The van der Waals surface area contributed by atoms with Gasteiger partial charge < -0.3 is 4.74 Å². The number of unbranched alkanes of at least 4 members (excludes halogenated alkanes) is 1. The number of rotatable bonds is 10. The lowest BCUT2D eigenvalue weighted by atomic mass is 10.0. The lowest BCUT2D eigenvalue weighted by Crippen LogP contribution is -2.06. The van der Waals surface area contributed by atoms with E-state index >= 15 is 0 Å². The van der Waals surface area contributed by atoms with Gasteiger partial charge in [-0.2, -0.15) is 0 Å². The Morgan fingerprint density at radius 1 is 0.885 bits per heavy atom. The summed E-state index contributed by atoms with van der Waals surface area (Å²) in [6.07, 6.45) is 4.49. The van der Waals surface area contributed by atoms with Crippen LogP contribution < -0.4 is 9.46 Å². The van der Waals surface area contributed by atoms with Gasteiger partial charge in [0.05, 0.1) is 6.61 Å². The highest BCUT2D eigenvalue weighted by molar-refractivity contribution is 7.97. The van der Waals surface area contributed by atoms with Gasteiger partial charge in [-0.1, -0.05) is 55.8 Å². The summed E-state index contributed by atoms with van der Waals surface area (Å²) in [6, 6.07) is 23.5. The van der Waals surface area contributed by atoms with Crippen molar-refractivity contribution >= 4 is 22.7 Å². The molecule has 2 nitrogen and oxygen atoms in total. The number of nitrogens with one attached hydrogen (secondary N) is 1. The molecule has 0 saturated heterocycles.